The number of ether oxygens (including phenoxy) is 2. The van der Waals surface area contributed by atoms with E-state index in [2.05, 4.69) is 20.6 Å². The maximum Gasteiger partial charge on any atom is 0.407 e. The molecule has 0 saturated carbocycles. The third-order valence-corrected chi connectivity index (χ3v) is 2.64. The lowest BCUT2D eigenvalue weighted by atomic mass is 10.2. The molecule has 1 rings (SSSR count). The van der Waals surface area contributed by atoms with Crippen LogP contribution in [0.2, 0.25) is 0 Å². The zero-order valence-electron chi connectivity index (χ0n) is 13.8. The molecule has 0 unspecified atom stereocenters. The van der Waals surface area contributed by atoms with Crippen LogP contribution in [0.4, 0.5) is 10.7 Å². The van der Waals surface area contributed by atoms with Crippen molar-refractivity contribution in [2.75, 3.05) is 25.5 Å². The van der Waals surface area contributed by atoms with E-state index in [4.69, 9.17) is 9.47 Å². The molecule has 0 fully saturated rings. The van der Waals surface area contributed by atoms with Crippen molar-refractivity contribution in [3.63, 3.8) is 0 Å². The molecule has 124 valence electrons. The number of hydrogen-bond acceptors (Lipinski definition) is 6. The van der Waals surface area contributed by atoms with Crippen LogP contribution in [0.25, 0.3) is 0 Å². The molecule has 0 radical (unpaired) electrons. The summed E-state index contributed by atoms with van der Waals surface area (Å²) in [7, 11) is 1.57. The van der Waals surface area contributed by atoms with E-state index < -0.39 is 5.60 Å². The number of rotatable bonds is 8. The highest BCUT2D eigenvalue weighted by Gasteiger charge is 2.15. The van der Waals surface area contributed by atoms with Crippen LogP contribution in [-0.4, -0.2) is 41.9 Å². The van der Waals surface area contributed by atoms with Crippen molar-refractivity contribution in [1.82, 2.24) is 15.3 Å². The van der Waals surface area contributed by atoms with Gasteiger partial charge in [0.1, 0.15) is 5.60 Å². The summed E-state index contributed by atoms with van der Waals surface area (Å²) in [5.74, 6) is 1.10. The minimum Gasteiger partial charge on any atom is -0.481 e. The van der Waals surface area contributed by atoms with E-state index in [9.17, 15) is 4.79 Å². The summed E-state index contributed by atoms with van der Waals surface area (Å²) in [6, 6.07) is 1.70. The number of unbranched alkanes of at least 4 members (excludes halogenated alkanes) is 2. The van der Waals surface area contributed by atoms with Crippen LogP contribution in [0, 0.1) is 0 Å². The van der Waals surface area contributed by atoms with Crippen LogP contribution in [0.5, 0.6) is 5.88 Å². The van der Waals surface area contributed by atoms with Gasteiger partial charge >= 0.3 is 6.09 Å². The van der Waals surface area contributed by atoms with Crippen molar-refractivity contribution in [3.05, 3.63) is 12.3 Å². The van der Waals surface area contributed by atoms with Crippen LogP contribution in [-0.2, 0) is 4.74 Å². The topological polar surface area (TPSA) is 85.4 Å². The Labute approximate surface area is 131 Å². The monoisotopic (exact) mass is 310 g/mol. The summed E-state index contributed by atoms with van der Waals surface area (Å²) in [6.07, 6.45) is 4.15. The predicted octanol–water partition coefficient (Wildman–Crippen LogP) is 2.59. The van der Waals surface area contributed by atoms with Crippen molar-refractivity contribution in [2.24, 2.45) is 0 Å². The SMILES string of the molecule is COc1ccnc(NCCCCCNC(=O)OC(C)(C)C)n1. The van der Waals surface area contributed by atoms with E-state index in [0.717, 1.165) is 25.8 Å². The lowest BCUT2D eigenvalue weighted by Gasteiger charge is -2.19. The number of amides is 1. The number of carbonyl (C=O) groups is 1. The number of nitrogens with zero attached hydrogens (tertiary/aromatic N) is 2. The largest absolute Gasteiger partial charge is 0.481 e. The Balaban J connectivity index is 2.05. The number of nitrogens with one attached hydrogen (secondary N) is 2. The van der Waals surface area contributed by atoms with Crippen LogP contribution in [0.1, 0.15) is 40.0 Å². The molecule has 1 amide bonds. The first-order valence-corrected chi connectivity index (χ1v) is 7.48. The zero-order chi connectivity index (χ0) is 16.4. The second-order valence-corrected chi connectivity index (χ2v) is 5.84. The van der Waals surface area contributed by atoms with Gasteiger partial charge < -0.3 is 20.1 Å². The molecule has 0 spiro atoms. The second-order valence-electron chi connectivity index (χ2n) is 5.84. The molecule has 7 heteroatoms. The van der Waals surface area contributed by atoms with Crippen molar-refractivity contribution in [2.45, 2.75) is 45.6 Å². The number of aromatic nitrogens is 2. The Bertz CT molecular complexity index is 460. The molecule has 2 N–H and O–H groups in total. The zero-order valence-corrected chi connectivity index (χ0v) is 13.8. The summed E-state index contributed by atoms with van der Waals surface area (Å²) < 4.78 is 10.2. The average Bonchev–Trinajstić information content (AvgIpc) is 2.44. The van der Waals surface area contributed by atoms with E-state index in [1.807, 2.05) is 20.8 Å². The van der Waals surface area contributed by atoms with Crippen LogP contribution in [0.3, 0.4) is 0 Å². The molecule has 0 saturated heterocycles. The van der Waals surface area contributed by atoms with Gasteiger partial charge in [-0.2, -0.15) is 4.98 Å². The first-order chi connectivity index (χ1) is 10.4. The van der Waals surface area contributed by atoms with E-state index in [0.29, 0.717) is 18.4 Å². The number of carbonyl (C=O) groups excluding carboxylic acids is 1. The van der Waals surface area contributed by atoms with Gasteiger partial charge in [-0.1, -0.05) is 0 Å². The van der Waals surface area contributed by atoms with Gasteiger partial charge in [0.2, 0.25) is 11.8 Å². The average molecular weight is 310 g/mol. The lowest BCUT2D eigenvalue weighted by Crippen LogP contribution is -2.33. The molecule has 7 nitrogen and oxygen atoms in total. The summed E-state index contributed by atoms with van der Waals surface area (Å²) in [5, 5.41) is 5.88. The Hall–Kier alpha value is -2.05. The predicted molar refractivity (Wildman–Crippen MR) is 85.2 cm³/mol. The Morgan fingerprint density at radius 2 is 1.95 bits per heavy atom. The minimum atomic E-state index is -0.454. The van der Waals surface area contributed by atoms with E-state index in [1.165, 1.54) is 0 Å². The third kappa shape index (κ3) is 8.28. The van der Waals surface area contributed by atoms with Gasteiger partial charge in [-0.3, -0.25) is 0 Å². The van der Waals surface area contributed by atoms with Crippen molar-refractivity contribution >= 4 is 12.0 Å². The fraction of sp³-hybridized carbons (Fsp3) is 0.667. The normalized spacial score (nSPS) is 10.9. The molecule has 0 aliphatic heterocycles. The van der Waals surface area contributed by atoms with E-state index in [1.54, 1.807) is 19.4 Å². The van der Waals surface area contributed by atoms with Gasteiger partial charge in [0.05, 0.1) is 7.11 Å². The summed E-state index contributed by atoms with van der Waals surface area (Å²) >= 11 is 0. The smallest absolute Gasteiger partial charge is 0.407 e. The number of hydrogen-bond donors (Lipinski definition) is 2. The Morgan fingerprint density at radius 1 is 1.23 bits per heavy atom. The maximum absolute atomic E-state index is 11.4. The van der Waals surface area contributed by atoms with Gasteiger partial charge in [-0.25, -0.2) is 9.78 Å². The van der Waals surface area contributed by atoms with Gasteiger partial charge in [0.25, 0.3) is 0 Å². The maximum atomic E-state index is 11.4. The third-order valence-electron chi connectivity index (χ3n) is 2.64. The standard InChI is InChI=1S/C15H26N4O3/c1-15(2,3)22-14(20)18-10-7-5-6-9-16-13-17-11-8-12(19-13)21-4/h8,11H,5-7,9-10H2,1-4H3,(H,18,20)(H,16,17,19). The van der Waals surface area contributed by atoms with Crippen LogP contribution >= 0.6 is 0 Å². The number of alkyl carbamates (subject to hydrolysis) is 1. The molecule has 0 aliphatic carbocycles. The molecule has 0 aromatic carbocycles. The quantitative estimate of drug-likeness (QED) is 0.718. The first kappa shape index (κ1) is 18.0. The summed E-state index contributed by atoms with van der Waals surface area (Å²) in [5.41, 5.74) is -0.454. The Kier molecular flexibility index (Phi) is 7.42. The van der Waals surface area contributed by atoms with Gasteiger partial charge in [0, 0.05) is 25.4 Å². The van der Waals surface area contributed by atoms with Crippen LogP contribution in [0.15, 0.2) is 12.3 Å². The van der Waals surface area contributed by atoms with Crippen LogP contribution < -0.4 is 15.4 Å². The van der Waals surface area contributed by atoms with Crippen molar-refractivity contribution in [1.29, 1.82) is 0 Å². The molecule has 1 aromatic heterocycles. The molecule has 1 heterocycles. The molecule has 0 atom stereocenters. The number of anilines is 1. The van der Waals surface area contributed by atoms with Gasteiger partial charge in [0.15, 0.2) is 0 Å². The molecule has 0 aliphatic rings. The lowest BCUT2D eigenvalue weighted by molar-refractivity contribution is 0.0527. The fourth-order valence-corrected chi connectivity index (χ4v) is 1.67. The van der Waals surface area contributed by atoms with Crippen molar-refractivity contribution < 1.29 is 14.3 Å². The summed E-state index contributed by atoms with van der Waals surface area (Å²) in [6.45, 7) is 6.93. The fourth-order valence-electron chi connectivity index (χ4n) is 1.67. The molecule has 22 heavy (non-hydrogen) atoms. The van der Waals surface area contributed by atoms with E-state index >= 15 is 0 Å². The van der Waals surface area contributed by atoms with Crippen molar-refractivity contribution in [3.8, 4) is 5.88 Å². The first-order valence-electron chi connectivity index (χ1n) is 7.48. The van der Waals surface area contributed by atoms with Gasteiger partial charge in [-0.05, 0) is 40.0 Å². The molecular formula is C15H26N4O3. The summed E-state index contributed by atoms with van der Waals surface area (Å²) in [4.78, 5) is 19.7. The highest BCUT2D eigenvalue weighted by molar-refractivity contribution is 5.67. The van der Waals surface area contributed by atoms with Gasteiger partial charge in [-0.15, -0.1) is 0 Å². The molecular weight excluding hydrogens is 284 g/mol. The molecule has 0 bridgehead atoms. The Morgan fingerprint density at radius 3 is 2.64 bits per heavy atom. The number of methoxy groups -OCH3 is 1. The highest BCUT2D eigenvalue weighted by Crippen LogP contribution is 2.08. The highest BCUT2D eigenvalue weighted by atomic mass is 16.6. The van der Waals surface area contributed by atoms with E-state index in [-0.39, 0.29) is 6.09 Å². The molecule has 1 aromatic rings. The minimum absolute atomic E-state index is 0.365. The second kappa shape index (κ2) is 9.07.